The van der Waals surface area contributed by atoms with Gasteiger partial charge in [0.25, 0.3) is 0 Å². The Labute approximate surface area is 299 Å². The lowest BCUT2D eigenvalue weighted by molar-refractivity contribution is 0.530. The second-order valence-corrected chi connectivity index (χ2v) is 16.4. The molecule has 50 heavy (non-hydrogen) atoms. The van der Waals surface area contributed by atoms with Crippen LogP contribution >= 0.6 is 11.8 Å². The largest absolute Gasteiger partial charge is 0.308 e. The van der Waals surface area contributed by atoms with Crippen molar-refractivity contribution < 1.29 is 0 Å². The number of hydrogen-bond donors (Lipinski definition) is 0. The highest BCUT2D eigenvalue weighted by Gasteiger charge is 2.42. The van der Waals surface area contributed by atoms with E-state index in [-0.39, 0.29) is 5.41 Å². The van der Waals surface area contributed by atoms with E-state index in [4.69, 9.17) is 0 Å². The third kappa shape index (κ3) is 4.09. The van der Waals surface area contributed by atoms with Crippen LogP contribution in [0.4, 0.5) is 0 Å². The lowest BCUT2D eigenvalue weighted by Crippen LogP contribution is -2.22. The van der Waals surface area contributed by atoms with Crippen LogP contribution in [0, 0.1) is 19.8 Å². The summed E-state index contributed by atoms with van der Waals surface area (Å²) in [6.45, 7) is 11.9. The molecule has 0 amide bonds. The van der Waals surface area contributed by atoms with Gasteiger partial charge in [0, 0.05) is 38.3 Å². The highest BCUT2D eigenvalue weighted by Crippen LogP contribution is 2.56. The Bertz CT molecular complexity index is 2580. The van der Waals surface area contributed by atoms with Crippen LogP contribution in [0.25, 0.3) is 55.3 Å². The summed E-state index contributed by atoms with van der Waals surface area (Å²) in [5.41, 5.74) is 19.1. The molecule has 2 heteroatoms. The number of aromatic nitrogens is 1. The predicted octanol–water partition coefficient (Wildman–Crippen LogP) is 13.4. The van der Waals surface area contributed by atoms with E-state index in [0.717, 1.165) is 12.8 Å². The maximum atomic E-state index is 2.59. The van der Waals surface area contributed by atoms with Crippen LogP contribution in [0.15, 0.2) is 137 Å². The van der Waals surface area contributed by atoms with Crippen LogP contribution in [0.3, 0.4) is 0 Å². The monoisotopic (exact) mass is 663 g/mol. The summed E-state index contributed by atoms with van der Waals surface area (Å²) in [6, 6.07) is 34.8. The van der Waals surface area contributed by atoms with Crippen LogP contribution in [0.5, 0.6) is 0 Å². The molecular formula is C48H41NS. The number of aryl methyl sites for hydroxylation is 1. The van der Waals surface area contributed by atoms with E-state index in [1.54, 1.807) is 5.57 Å². The van der Waals surface area contributed by atoms with Gasteiger partial charge in [0.1, 0.15) is 0 Å². The number of fused-ring (bicyclic) bond motifs is 9. The van der Waals surface area contributed by atoms with Gasteiger partial charge in [0.15, 0.2) is 0 Å². The van der Waals surface area contributed by atoms with Crippen molar-refractivity contribution >= 4 is 39.1 Å². The van der Waals surface area contributed by atoms with E-state index in [2.05, 4.69) is 161 Å². The third-order valence-electron chi connectivity index (χ3n) is 12.1. The minimum Gasteiger partial charge on any atom is -0.308 e. The van der Waals surface area contributed by atoms with Crippen molar-refractivity contribution in [2.24, 2.45) is 5.92 Å². The standard InChI is InChI=1S/C48H41NS/c1-28-13-10-18-33(31-23-26-43-38(27-31)35-16-7-9-22-42(35)50-43)44(28)32-17-12-21-40(30(32)3)49-41-20-8-6-15-34(41)36-24-25-39-45(47(36)49)37-19-11-14-29(2)46(37)48(39,4)5/h6-13,15,17-27,29,35H,14,16H2,1-5H3. The fraction of sp³-hybridized carbons (Fsp3) is 0.208. The van der Waals surface area contributed by atoms with E-state index < -0.39 is 0 Å². The summed E-state index contributed by atoms with van der Waals surface area (Å²) in [6.07, 6.45) is 13.9. The van der Waals surface area contributed by atoms with Crippen LogP contribution < -0.4 is 0 Å². The van der Waals surface area contributed by atoms with E-state index >= 15 is 0 Å². The number of nitrogens with zero attached hydrogens (tertiary/aromatic N) is 1. The van der Waals surface area contributed by atoms with Crippen molar-refractivity contribution in [2.75, 3.05) is 0 Å². The number of thioether (sulfide) groups is 1. The predicted molar refractivity (Wildman–Crippen MR) is 214 cm³/mol. The lowest BCUT2D eigenvalue weighted by atomic mass is 9.74. The molecule has 0 N–H and O–H groups in total. The van der Waals surface area contributed by atoms with Crippen LogP contribution in [-0.2, 0) is 5.41 Å². The Morgan fingerprint density at radius 1 is 0.780 bits per heavy atom. The van der Waals surface area contributed by atoms with Gasteiger partial charge in [0.2, 0.25) is 0 Å². The second kappa shape index (κ2) is 10.9. The molecule has 1 aromatic heterocycles. The molecule has 1 aliphatic heterocycles. The van der Waals surface area contributed by atoms with Crippen molar-refractivity contribution in [2.45, 2.75) is 63.7 Å². The molecule has 5 aromatic carbocycles. The smallest absolute Gasteiger partial charge is 0.0622 e. The Kier molecular flexibility index (Phi) is 6.53. The average molecular weight is 664 g/mol. The van der Waals surface area contributed by atoms with Gasteiger partial charge in [-0.2, -0.15) is 0 Å². The van der Waals surface area contributed by atoms with Crippen LogP contribution in [-0.4, -0.2) is 4.57 Å². The first-order valence-corrected chi connectivity index (χ1v) is 19.0. The van der Waals surface area contributed by atoms with Crippen LogP contribution in [0.2, 0.25) is 0 Å². The SMILES string of the molecule is Cc1cccc(-c2ccc3c(c2)C2CC=CC=C2S3)c1-c1cccc(-n2c3ccccc3c3ccc4c(c32)C2=C(C(C)CC=C2)C4(C)C)c1C. The van der Waals surface area contributed by atoms with Crippen molar-refractivity contribution in [3.05, 3.63) is 160 Å². The highest BCUT2D eigenvalue weighted by atomic mass is 32.2. The fourth-order valence-corrected chi connectivity index (χ4v) is 11.1. The fourth-order valence-electron chi connectivity index (χ4n) is 9.89. The summed E-state index contributed by atoms with van der Waals surface area (Å²) >= 11 is 1.95. The average Bonchev–Trinajstić information content (AvgIpc) is 3.74. The van der Waals surface area contributed by atoms with Gasteiger partial charge in [-0.1, -0.05) is 130 Å². The maximum Gasteiger partial charge on any atom is 0.0622 e. The normalized spacial score (nSPS) is 19.9. The first-order chi connectivity index (χ1) is 24.3. The molecule has 2 atom stereocenters. The zero-order valence-corrected chi connectivity index (χ0v) is 30.3. The Morgan fingerprint density at radius 2 is 1.62 bits per heavy atom. The van der Waals surface area contributed by atoms with Gasteiger partial charge >= 0.3 is 0 Å². The molecule has 0 saturated carbocycles. The number of hydrogen-bond acceptors (Lipinski definition) is 1. The number of benzene rings is 5. The molecular weight excluding hydrogens is 623 g/mol. The summed E-state index contributed by atoms with van der Waals surface area (Å²) < 4.78 is 2.59. The Balaban J connectivity index is 1.21. The molecule has 2 unspecified atom stereocenters. The zero-order valence-electron chi connectivity index (χ0n) is 29.5. The molecule has 0 radical (unpaired) electrons. The molecule has 0 saturated heterocycles. The molecule has 10 rings (SSSR count). The van der Waals surface area contributed by atoms with Crippen molar-refractivity contribution in [3.63, 3.8) is 0 Å². The van der Waals surface area contributed by atoms with Gasteiger partial charge in [0.05, 0.1) is 11.0 Å². The molecule has 3 aliphatic carbocycles. The quantitative estimate of drug-likeness (QED) is 0.182. The Hall–Kier alpha value is -4.79. The first kappa shape index (κ1) is 30.1. The summed E-state index contributed by atoms with van der Waals surface area (Å²) in [5, 5.41) is 2.65. The zero-order chi connectivity index (χ0) is 33.9. The van der Waals surface area contributed by atoms with Crippen molar-refractivity contribution in [3.8, 4) is 27.9 Å². The maximum absolute atomic E-state index is 2.59. The van der Waals surface area contributed by atoms with Gasteiger partial charge in [-0.3, -0.25) is 0 Å². The number of allylic oxidation sites excluding steroid dienone is 8. The molecule has 0 fully saturated rings. The Morgan fingerprint density at radius 3 is 2.52 bits per heavy atom. The lowest BCUT2D eigenvalue weighted by Gasteiger charge is -2.30. The topological polar surface area (TPSA) is 4.93 Å². The number of para-hydroxylation sites is 1. The molecule has 0 bridgehead atoms. The minimum atomic E-state index is -0.00387. The third-order valence-corrected chi connectivity index (χ3v) is 13.4. The van der Waals surface area contributed by atoms with Gasteiger partial charge in [-0.25, -0.2) is 0 Å². The van der Waals surface area contributed by atoms with E-state index in [0.29, 0.717) is 11.8 Å². The van der Waals surface area contributed by atoms with Crippen molar-refractivity contribution in [1.29, 1.82) is 0 Å². The molecule has 2 heterocycles. The van der Waals surface area contributed by atoms with E-state index in [1.165, 1.54) is 92.9 Å². The molecule has 6 aromatic rings. The molecule has 4 aliphatic rings. The first-order valence-electron chi connectivity index (χ1n) is 18.2. The molecule has 1 nitrogen and oxygen atoms in total. The number of rotatable bonds is 3. The van der Waals surface area contributed by atoms with Gasteiger partial charge in [-0.05, 0) is 117 Å². The summed E-state index contributed by atoms with van der Waals surface area (Å²) in [5.74, 6) is 1.02. The van der Waals surface area contributed by atoms with Crippen molar-refractivity contribution in [1.82, 2.24) is 4.57 Å². The van der Waals surface area contributed by atoms with E-state index in [9.17, 15) is 0 Å². The van der Waals surface area contributed by atoms with E-state index in [1.807, 2.05) is 11.8 Å². The van der Waals surface area contributed by atoms with Gasteiger partial charge < -0.3 is 4.57 Å². The molecule has 244 valence electrons. The van der Waals surface area contributed by atoms with Crippen LogP contribution in [0.1, 0.15) is 67.3 Å². The summed E-state index contributed by atoms with van der Waals surface area (Å²) in [7, 11) is 0. The highest BCUT2D eigenvalue weighted by molar-refractivity contribution is 8.03. The minimum absolute atomic E-state index is 0.00387. The van der Waals surface area contributed by atoms with Gasteiger partial charge in [-0.15, -0.1) is 0 Å². The second-order valence-electron chi connectivity index (χ2n) is 15.3. The summed E-state index contributed by atoms with van der Waals surface area (Å²) in [4.78, 5) is 2.89. The molecule has 0 spiro atoms.